The van der Waals surface area contributed by atoms with Gasteiger partial charge >= 0.3 is 0 Å². The standard InChI is InChI=1S/C20H20ClN3O3S2/c1-12(19-22-16-5-3-4-6-17(16)28-19)24(2)20(25)13-7-10-15(21)18(11-13)29(26,27)23-14-8-9-14/h3-7,10-12,14,23H,8-9H2,1-2H3/t12-/m1/s1. The molecule has 9 heteroatoms. The molecule has 1 fully saturated rings. The van der Waals surface area contributed by atoms with Crippen molar-refractivity contribution < 1.29 is 13.2 Å². The van der Waals surface area contributed by atoms with Crippen molar-refractivity contribution in [2.75, 3.05) is 7.05 Å². The van der Waals surface area contributed by atoms with E-state index >= 15 is 0 Å². The largest absolute Gasteiger partial charge is 0.333 e. The molecule has 2 aromatic carbocycles. The highest BCUT2D eigenvalue weighted by Crippen LogP contribution is 2.31. The molecule has 3 aromatic rings. The van der Waals surface area contributed by atoms with E-state index in [1.54, 1.807) is 18.0 Å². The van der Waals surface area contributed by atoms with Crippen molar-refractivity contribution in [3.05, 3.63) is 58.1 Å². The predicted molar refractivity (Wildman–Crippen MR) is 115 cm³/mol. The number of fused-ring (bicyclic) bond motifs is 1. The van der Waals surface area contributed by atoms with Gasteiger partial charge in [0.15, 0.2) is 0 Å². The number of thiazole rings is 1. The smallest absolute Gasteiger partial charge is 0.254 e. The number of sulfonamides is 1. The molecule has 0 radical (unpaired) electrons. The van der Waals surface area contributed by atoms with E-state index in [0.29, 0.717) is 0 Å². The second kappa shape index (κ2) is 7.68. The Labute approximate surface area is 178 Å². The third-order valence-electron chi connectivity index (χ3n) is 4.94. The highest BCUT2D eigenvalue weighted by atomic mass is 35.5. The number of hydrogen-bond acceptors (Lipinski definition) is 5. The van der Waals surface area contributed by atoms with E-state index in [4.69, 9.17) is 11.6 Å². The van der Waals surface area contributed by atoms with Crippen molar-refractivity contribution in [3.8, 4) is 0 Å². The van der Waals surface area contributed by atoms with Gasteiger partial charge < -0.3 is 4.90 Å². The van der Waals surface area contributed by atoms with Gasteiger partial charge in [0.25, 0.3) is 5.91 Å². The van der Waals surface area contributed by atoms with Crippen molar-refractivity contribution in [3.63, 3.8) is 0 Å². The van der Waals surface area contributed by atoms with Crippen LogP contribution in [0.5, 0.6) is 0 Å². The maximum Gasteiger partial charge on any atom is 0.254 e. The Kier molecular flexibility index (Phi) is 5.37. The highest BCUT2D eigenvalue weighted by molar-refractivity contribution is 7.89. The summed E-state index contributed by atoms with van der Waals surface area (Å²) in [5.41, 5.74) is 1.16. The van der Waals surface area contributed by atoms with Crippen LogP contribution in [0.2, 0.25) is 5.02 Å². The lowest BCUT2D eigenvalue weighted by atomic mass is 10.2. The van der Waals surface area contributed by atoms with Crippen LogP contribution in [-0.4, -0.2) is 37.3 Å². The lowest BCUT2D eigenvalue weighted by Crippen LogP contribution is -2.30. The first-order valence-corrected chi connectivity index (χ1v) is 11.9. The maximum absolute atomic E-state index is 13.0. The molecule has 1 saturated carbocycles. The Bertz CT molecular complexity index is 1160. The van der Waals surface area contributed by atoms with Gasteiger partial charge in [0.2, 0.25) is 10.0 Å². The van der Waals surface area contributed by atoms with Gasteiger partial charge in [-0.2, -0.15) is 0 Å². The van der Waals surface area contributed by atoms with Gasteiger partial charge in [0.1, 0.15) is 9.90 Å². The molecule has 1 N–H and O–H groups in total. The number of para-hydroxylation sites is 1. The number of carbonyl (C=O) groups excluding carboxylic acids is 1. The van der Waals surface area contributed by atoms with E-state index in [1.807, 2.05) is 31.2 Å². The van der Waals surface area contributed by atoms with Gasteiger partial charge in [-0.1, -0.05) is 23.7 Å². The molecule has 0 aliphatic heterocycles. The summed E-state index contributed by atoms with van der Waals surface area (Å²) in [7, 11) is -2.08. The Hall–Kier alpha value is -2.00. The van der Waals surface area contributed by atoms with Crippen LogP contribution in [0.3, 0.4) is 0 Å². The molecule has 0 spiro atoms. The first-order chi connectivity index (χ1) is 13.8. The van der Waals surface area contributed by atoms with E-state index in [2.05, 4.69) is 9.71 Å². The highest BCUT2D eigenvalue weighted by Gasteiger charge is 2.30. The molecule has 1 aromatic heterocycles. The fourth-order valence-corrected chi connectivity index (χ4v) is 5.83. The van der Waals surface area contributed by atoms with E-state index in [0.717, 1.165) is 28.1 Å². The van der Waals surface area contributed by atoms with Crippen molar-refractivity contribution >= 4 is 49.1 Å². The maximum atomic E-state index is 13.0. The molecule has 0 saturated heterocycles. The number of nitrogens with zero attached hydrogens (tertiary/aromatic N) is 2. The molecule has 0 bridgehead atoms. The molecule has 6 nitrogen and oxygen atoms in total. The van der Waals surface area contributed by atoms with E-state index in [9.17, 15) is 13.2 Å². The number of benzene rings is 2. The third-order valence-corrected chi connectivity index (χ3v) is 8.14. The summed E-state index contributed by atoms with van der Waals surface area (Å²) in [4.78, 5) is 19.2. The summed E-state index contributed by atoms with van der Waals surface area (Å²) < 4.78 is 28.8. The van der Waals surface area contributed by atoms with Gasteiger partial charge in [0, 0.05) is 18.7 Å². The van der Waals surface area contributed by atoms with Crippen LogP contribution in [-0.2, 0) is 10.0 Å². The van der Waals surface area contributed by atoms with Crippen molar-refractivity contribution in [2.24, 2.45) is 0 Å². The lowest BCUT2D eigenvalue weighted by molar-refractivity contribution is 0.0742. The molecule has 1 atom stereocenters. The SMILES string of the molecule is C[C@H](c1nc2ccccc2s1)N(C)C(=O)c1ccc(Cl)c(S(=O)(=O)NC2CC2)c1. The number of aromatic nitrogens is 1. The molecular formula is C20H20ClN3O3S2. The van der Waals surface area contributed by atoms with Gasteiger partial charge in [0.05, 0.1) is 21.3 Å². The number of amides is 1. The Morgan fingerprint density at radius 3 is 2.69 bits per heavy atom. The van der Waals surface area contributed by atoms with Crippen LogP contribution >= 0.6 is 22.9 Å². The number of halogens is 1. The summed E-state index contributed by atoms with van der Waals surface area (Å²) in [5, 5.41) is 0.913. The van der Waals surface area contributed by atoms with Crippen LogP contribution in [0.1, 0.15) is 41.2 Å². The number of nitrogens with one attached hydrogen (secondary N) is 1. The fourth-order valence-electron chi connectivity index (χ4n) is 2.94. The van der Waals surface area contributed by atoms with Gasteiger partial charge in [-0.15, -0.1) is 11.3 Å². The number of rotatable bonds is 6. The zero-order chi connectivity index (χ0) is 20.8. The molecule has 29 heavy (non-hydrogen) atoms. The minimum Gasteiger partial charge on any atom is -0.333 e. The van der Waals surface area contributed by atoms with Crippen LogP contribution in [0.4, 0.5) is 0 Å². The van der Waals surface area contributed by atoms with Crippen LogP contribution in [0.15, 0.2) is 47.4 Å². The number of hydrogen-bond donors (Lipinski definition) is 1. The molecule has 1 aliphatic rings. The normalized spacial score (nSPS) is 15.4. The quantitative estimate of drug-likeness (QED) is 0.610. The van der Waals surface area contributed by atoms with E-state index in [1.165, 1.54) is 23.5 Å². The van der Waals surface area contributed by atoms with Crippen molar-refractivity contribution in [2.45, 2.75) is 36.7 Å². The second-order valence-corrected chi connectivity index (χ2v) is 10.3. The minimum absolute atomic E-state index is 0.0443. The van der Waals surface area contributed by atoms with Crippen molar-refractivity contribution in [1.29, 1.82) is 0 Å². The molecule has 4 rings (SSSR count). The Morgan fingerprint density at radius 2 is 2.00 bits per heavy atom. The van der Waals surface area contributed by atoms with Gasteiger partial charge in [-0.3, -0.25) is 4.79 Å². The lowest BCUT2D eigenvalue weighted by Gasteiger charge is -2.23. The predicted octanol–water partition coefficient (Wildman–Crippen LogP) is 4.22. The summed E-state index contributed by atoms with van der Waals surface area (Å²) >= 11 is 7.66. The summed E-state index contributed by atoms with van der Waals surface area (Å²) in [6.07, 6.45) is 1.63. The zero-order valence-corrected chi connectivity index (χ0v) is 18.3. The molecular weight excluding hydrogens is 430 g/mol. The summed E-state index contributed by atoms with van der Waals surface area (Å²) in [5.74, 6) is -0.295. The summed E-state index contributed by atoms with van der Waals surface area (Å²) in [6, 6.07) is 11.8. The second-order valence-electron chi connectivity index (χ2n) is 7.15. The topological polar surface area (TPSA) is 79.4 Å². The first-order valence-electron chi connectivity index (χ1n) is 9.21. The third kappa shape index (κ3) is 4.16. The average molecular weight is 450 g/mol. The van der Waals surface area contributed by atoms with Crippen LogP contribution < -0.4 is 4.72 Å². The zero-order valence-electron chi connectivity index (χ0n) is 15.9. The molecule has 1 heterocycles. The minimum atomic E-state index is -3.76. The average Bonchev–Trinajstić information content (AvgIpc) is 3.39. The summed E-state index contributed by atoms with van der Waals surface area (Å²) in [6.45, 7) is 1.90. The first kappa shape index (κ1) is 20.3. The van der Waals surface area contributed by atoms with Gasteiger partial charge in [-0.05, 0) is 50.1 Å². The Morgan fingerprint density at radius 1 is 1.28 bits per heavy atom. The van der Waals surface area contributed by atoms with Crippen LogP contribution in [0, 0.1) is 0 Å². The number of carbonyl (C=O) groups is 1. The molecule has 0 unspecified atom stereocenters. The van der Waals surface area contributed by atoms with E-state index in [-0.39, 0.29) is 33.5 Å². The van der Waals surface area contributed by atoms with Gasteiger partial charge in [-0.25, -0.2) is 18.1 Å². The fraction of sp³-hybridized carbons (Fsp3) is 0.300. The van der Waals surface area contributed by atoms with Crippen LogP contribution in [0.25, 0.3) is 10.2 Å². The Balaban J connectivity index is 1.60. The molecule has 1 amide bonds. The molecule has 152 valence electrons. The molecule has 1 aliphatic carbocycles. The van der Waals surface area contributed by atoms with E-state index < -0.39 is 10.0 Å². The monoisotopic (exact) mass is 449 g/mol. The van der Waals surface area contributed by atoms with Crippen molar-refractivity contribution in [1.82, 2.24) is 14.6 Å².